The molecule has 0 saturated carbocycles. The SMILES string of the molecule is Cc1ccccc1S(=O)(=O)N(CCC#N)c1ccccc1. The Kier molecular flexibility index (Phi) is 4.61. The van der Waals surface area contributed by atoms with Crippen LogP contribution in [0.2, 0.25) is 0 Å². The molecule has 0 spiro atoms. The molecule has 0 unspecified atom stereocenters. The summed E-state index contributed by atoms with van der Waals surface area (Å²) < 4.78 is 27.0. The van der Waals surface area contributed by atoms with Gasteiger partial charge < -0.3 is 0 Å². The van der Waals surface area contributed by atoms with Gasteiger partial charge in [0.05, 0.1) is 23.1 Å². The van der Waals surface area contributed by atoms with E-state index in [0.29, 0.717) is 11.3 Å². The topological polar surface area (TPSA) is 61.2 Å². The van der Waals surface area contributed by atoms with Crippen molar-refractivity contribution in [2.75, 3.05) is 10.8 Å². The van der Waals surface area contributed by atoms with Gasteiger partial charge in [0.1, 0.15) is 0 Å². The minimum atomic E-state index is -3.67. The van der Waals surface area contributed by atoms with Crippen molar-refractivity contribution in [1.29, 1.82) is 5.26 Å². The summed E-state index contributed by atoms with van der Waals surface area (Å²) in [6.07, 6.45) is 0.139. The van der Waals surface area contributed by atoms with Gasteiger partial charge in [-0.3, -0.25) is 4.31 Å². The third kappa shape index (κ3) is 3.23. The Hall–Kier alpha value is -2.32. The Balaban J connectivity index is 2.51. The van der Waals surface area contributed by atoms with E-state index in [1.807, 2.05) is 12.1 Å². The maximum Gasteiger partial charge on any atom is 0.264 e. The van der Waals surface area contributed by atoms with Gasteiger partial charge in [-0.15, -0.1) is 0 Å². The molecule has 0 amide bonds. The molecule has 2 aromatic rings. The van der Waals surface area contributed by atoms with E-state index in [2.05, 4.69) is 0 Å². The van der Waals surface area contributed by atoms with E-state index in [9.17, 15) is 8.42 Å². The van der Waals surface area contributed by atoms with Crippen molar-refractivity contribution in [3.63, 3.8) is 0 Å². The number of hydrogen-bond acceptors (Lipinski definition) is 3. The van der Waals surface area contributed by atoms with Crippen LogP contribution in [0.15, 0.2) is 59.5 Å². The van der Waals surface area contributed by atoms with Crippen molar-refractivity contribution in [1.82, 2.24) is 0 Å². The largest absolute Gasteiger partial charge is 0.265 e. The van der Waals surface area contributed by atoms with Crippen LogP contribution < -0.4 is 4.31 Å². The number of aryl methyl sites for hydroxylation is 1. The van der Waals surface area contributed by atoms with E-state index < -0.39 is 10.0 Å². The van der Waals surface area contributed by atoms with Gasteiger partial charge in [-0.1, -0.05) is 36.4 Å². The van der Waals surface area contributed by atoms with Crippen molar-refractivity contribution >= 4 is 15.7 Å². The number of rotatable bonds is 5. The fourth-order valence-corrected chi connectivity index (χ4v) is 3.79. The van der Waals surface area contributed by atoms with Gasteiger partial charge in [0.25, 0.3) is 10.0 Å². The van der Waals surface area contributed by atoms with Gasteiger partial charge in [0, 0.05) is 6.54 Å². The Bertz CT molecular complexity index is 749. The van der Waals surface area contributed by atoms with Gasteiger partial charge in [-0.05, 0) is 30.7 Å². The van der Waals surface area contributed by atoms with E-state index in [1.165, 1.54) is 4.31 Å². The van der Waals surface area contributed by atoms with Crippen LogP contribution in [0.1, 0.15) is 12.0 Å². The standard InChI is InChI=1S/C16H16N2O2S/c1-14-8-5-6-11-16(14)21(19,20)18(13-7-12-17)15-9-3-2-4-10-15/h2-6,8-11H,7,13H2,1H3. The second-order valence-electron chi connectivity index (χ2n) is 4.59. The van der Waals surface area contributed by atoms with Crippen LogP contribution in [0.4, 0.5) is 5.69 Å². The quantitative estimate of drug-likeness (QED) is 0.852. The van der Waals surface area contributed by atoms with Crippen LogP contribution in [-0.2, 0) is 10.0 Å². The molecule has 2 rings (SSSR count). The van der Waals surface area contributed by atoms with E-state index in [0.717, 1.165) is 0 Å². The maximum absolute atomic E-state index is 12.9. The highest BCUT2D eigenvalue weighted by Crippen LogP contribution is 2.25. The second kappa shape index (κ2) is 6.42. The number of benzene rings is 2. The molecule has 0 saturated heterocycles. The molecule has 5 heteroatoms. The summed E-state index contributed by atoms with van der Waals surface area (Å²) in [7, 11) is -3.67. The van der Waals surface area contributed by atoms with Crippen LogP contribution >= 0.6 is 0 Å². The van der Waals surface area contributed by atoms with Gasteiger partial charge in [-0.25, -0.2) is 8.42 Å². The molecule has 0 aliphatic carbocycles. The van der Waals surface area contributed by atoms with Gasteiger partial charge >= 0.3 is 0 Å². The predicted molar refractivity (Wildman–Crippen MR) is 82.4 cm³/mol. The van der Waals surface area contributed by atoms with Crippen molar-refractivity contribution in [3.05, 3.63) is 60.2 Å². The lowest BCUT2D eigenvalue weighted by molar-refractivity contribution is 0.590. The predicted octanol–water partition coefficient (Wildman–Crippen LogP) is 3.10. The number of nitrogens with zero attached hydrogens (tertiary/aromatic N) is 2. The highest BCUT2D eigenvalue weighted by atomic mass is 32.2. The fourth-order valence-electron chi connectivity index (χ4n) is 2.10. The number of anilines is 1. The molecule has 0 bridgehead atoms. The third-order valence-electron chi connectivity index (χ3n) is 3.13. The molecular weight excluding hydrogens is 284 g/mol. The molecule has 0 aliphatic heterocycles. The maximum atomic E-state index is 12.9. The van der Waals surface area contributed by atoms with E-state index in [1.54, 1.807) is 55.5 Å². The average Bonchev–Trinajstić information content (AvgIpc) is 2.49. The Labute approximate surface area is 125 Å². The molecule has 0 aromatic heterocycles. The lowest BCUT2D eigenvalue weighted by atomic mass is 10.2. The van der Waals surface area contributed by atoms with Crippen LogP contribution in [-0.4, -0.2) is 15.0 Å². The Morgan fingerprint density at radius 1 is 1.05 bits per heavy atom. The Morgan fingerprint density at radius 2 is 1.67 bits per heavy atom. The summed E-state index contributed by atoms with van der Waals surface area (Å²) in [5, 5.41) is 8.78. The van der Waals surface area contributed by atoms with Crippen LogP contribution in [0, 0.1) is 18.3 Å². The summed E-state index contributed by atoms with van der Waals surface area (Å²) in [6.45, 7) is 1.90. The summed E-state index contributed by atoms with van der Waals surface area (Å²) >= 11 is 0. The molecule has 2 aromatic carbocycles. The number of para-hydroxylation sites is 1. The smallest absolute Gasteiger partial charge is 0.264 e. The third-order valence-corrected chi connectivity index (χ3v) is 5.12. The first-order valence-corrected chi connectivity index (χ1v) is 8.02. The zero-order chi connectivity index (χ0) is 15.3. The summed E-state index contributed by atoms with van der Waals surface area (Å²) in [5.74, 6) is 0. The zero-order valence-electron chi connectivity index (χ0n) is 11.7. The highest BCUT2D eigenvalue weighted by molar-refractivity contribution is 7.92. The summed E-state index contributed by atoms with van der Waals surface area (Å²) in [5.41, 5.74) is 1.26. The molecule has 0 atom stereocenters. The van der Waals surface area contributed by atoms with Crippen molar-refractivity contribution < 1.29 is 8.42 Å². The fraction of sp³-hybridized carbons (Fsp3) is 0.188. The molecule has 0 heterocycles. The van der Waals surface area contributed by atoms with Gasteiger partial charge in [-0.2, -0.15) is 5.26 Å². The summed E-state index contributed by atoms with van der Waals surface area (Å²) in [6, 6.07) is 17.7. The van der Waals surface area contributed by atoms with Crippen LogP contribution in [0.5, 0.6) is 0 Å². The first kappa shape index (κ1) is 15.1. The lowest BCUT2D eigenvalue weighted by Gasteiger charge is -2.24. The van der Waals surface area contributed by atoms with Crippen molar-refractivity contribution in [2.45, 2.75) is 18.2 Å². The summed E-state index contributed by atoms with van der Waals surface area (Å²) in [4.78, 5) is 0.270. The molecule has 0 radical (unpaired) electrons. The first-order valence-electron chi connectivity index (χ1n) is 6.58. The van der Waals surface area contributed by atoms with Crippen LogP contribution in [0.3, 0.4) is 0 Å². The van der Waals surface area contributed by atoms with Gasteiger partial charge in [0.2, 0.25) is 0 Å². The minimum absolute atomic E-state index is 0.136. The second-order valence-corrected chi connectivity index (χ2v) is 6.42. The zero-order valence-corrected chi connectivity index (χ0v) is 12.5. The van der Waals surface area contributed by atoms with Crippen molar-refractivity contribution in [2.24, 2.45) is 0 Å². The number of sulfonamides is 1. The molecule has 0 N–H and O–H groups in total. The van der Waals surface area contributed by atoms with Crippen LogP contribution in [0.25, 0.3) is 0 Å². The molecule has 108 valence electrons. The molecule has 0 aliphatic rings. The number of nitriles is 1. The number of hydrogen-bond donors (Lipinski definition) is 0. The molecule has 0 fully saturated rings. The Morgan fingerprint density at radius 3 is 2.29 bits per heavy atom. The average molecular weight is 300 g/mol. The monoisotopic (exact) mass is 300 g/mol. The highest BCUT2D eigenvalue weighted by Gasteiger charge is 2.25. The van der Waals surface area contributed by atoms with Crippen molar-refractivity contribution in [3.8, 4) is 6.07 Å². The van der Waals surface area contributed by atoms with Gasteiger partial charge in [0.15, 0.2) is 0 Å². The van der Waals surface area contributed by atoms with E-state index >= 15 is 0 Å². The lowest BCUT2D eigenvalue weighted by Crippen LogP contribution is -2.32. The minimum Gasteiger partial charge on any atom is -0.265 e. The first-order chi connectivity index (χ1) is 10.1. The van der Waals surface area contributed by atoms with E-state index in [-0.39, 0.29) is 17.9 Å². The molecule has 21 heavy (non-hydrogen) atoms. The molecular formula is C16H16N2O2S. The van der Waals surface area contributed by atoms with E-state index in [4.69, 9.17) is 5.26 Å². The molecule has 4 nitrogen and oxygen atoms in total. The normalized spacial score (nSPS) is 10.9.